The average Bonchev–Trinajstić information content (AvgIpc) is 2.92. The first-order valence-corrected chi connectivity index (χ1v) is 14.4. The second-order valence-corrected chi connectivity index (χ2v) is 12.5. The average molecular weight is 676 g/mol. The molecule has 0 saturated heterocycles. The predicted molar refractivity (Wildman–Crippen MR) is 175 cm³/mol. The number of likely N-dealkylation sites (N-methyl/N-ethyl adjacent to an activating group) is 1. The van der Waals surface area contributed by atoms with Gasteiger partial charge in [-0.15, -0.1) is 24.0 Å². The van der Waals surface area contributed by atoms with Crippen LogP contribution in [0.5, 0.6) is 11.5 Å². The molecule has 4 rings (SSSR count). The number of methoxy groups -OCH3 is 2. The van der Waals surface area contributed by atoms with E-state index in [1.807, 2.05) is 12.1 Å². The van der Waals surface area contributed by atoms with Gasteiger partial charge in [0, 0.05) is 12.5 Å². The Hall–Kier alpha value is -1.39. The molecule has 2 atom stereocenters. The second kappa shape index (κ2) is 15.7. The van der Waals surface area contributed by atoms with Gasteiger partial charge in [0.05, 0.1) is 67.1 Å². The summed E-state index contributed by atoms with van der Waals surface area (Å²) in [6.07, 6.45) is 9.69. The van der Waals surface area contributed by atoms with E-state index in [1.165, 1.54) is 6.42 Å². The minimum Gasteiger partial charge on any atom is -0.497 e. The molecule has 6 nitrogen and oxygen atoms in total. The van der Waals surface area contributed by atoms with E-state index in [0.29, 0.717) is 18.0 Å². The van der Waals surface area contributed by atoms with Crippen molar-refractivity contribution in [2.24, 2.45) is 5.73 Å². The number of quaternary nitrogens is 1. The van der Waals surface area contributed by atoms with Crippen LogP contribution in [0.4, 0.5) is 0 Å². The first kappa shape index (κ1) is 26.3. The van der Waals surface area contributed by atoms with Crippen LogP contribution in [0.25, 0.3) is 0 Å². The van der Waals surface area contributed by atoms with Crippen LogP contribution in [0, 0.1) is 0 Å². The standard InChI is InChI=1S/C18H30NO2.C15H23NO2.HI/c1-19(2,3)14-17(18(20)12-6-5-7-13-18)15-8-10-16(21-4)11-9-15;1-18-13-7-5-12(6-8-13)14(11-16)15(17)9-3-2-4-10-15;/h8-11,17,20H,5-7,12-14H2,1-4H3;5-8,14,17H,2-4,9-11,16H2,1H3;1H/q+1;;/i4D3;1D3;. The molecule has 2 aromatic rings. The Morgan fingerprint density at radius 3 is 1.45 bits per heavy atom. The Morgan fingerprint density at radius 2 is 1.10 bits per heavy atom. The number of nitrogens with two attached hydrogens (primary N) is 1. The van der Waals surface area contributed by atoms with Crippen molar-refractivity contribution < 1.29 is 32.4 Å². The first-order valence-electron chi connectivity index (χ1n) is 17.4. The van der Waals surface area contributed by atoms with Crippen LogP contribution in [-0.4, -0.2) is 74.2 Å². The minimum absolute atomic E-state index is 0. The fraction of sp³-hybridized carbons (Fsp3) is 0.636. The van der Waals surface area contributed by atoms with Crippen molar-refractivity contribution >= 4 is 24.0 Å². The molecule has 226 valence electrons. The second-order valence-electron chi connectivity index (χ2n) is 12.5. The number of ether oxygens (including phenoxy) is 2. The Kier molecular flexibility index (Phi) is 10.3. The summed E-state index contributed by atoms with van der Waals surface area (Å²) in [5, 5.41) is 22.1. The van der Waals surface area contributed by atoms with E-state index in [0.717, 1.165) is 79.9 Å². The maximum atomic E-state index is 11.3. The van der Waals surface area contributed by atoms with Gasteiger partial charge in [-0.05, 0) is 61.1 Å². The molecule has 2 aromatic carbocycles. The van der Waals surface area contributed by atoms with Crippen LogP contribution >= 0.6 is 24.0 Å². The van der Waals surface area contributed by atoms with Crippen molar-refractivity contribution in [2.75, 3.05) is 48.3 Å². The van der Waals surface area contributed by atoms with E-state index in [1.54, 1.807) is 36.4 Å². The third-order valence-electron chi connectivity index (χ3n) is 8.50. The summed E-state index contributed by atoms with van der Waals surface area (Å²) in [6.45, 7) is 1.20. The van der Waals surface area contributed by atoms with Gasteiger partial charge < -0.3 is 29.9 Å². The van der Waals surface area contributed by atoms with Gasteiger partial charge in [0.1, 0.15) is 11.5 Å². The number of benzene rings is 2. The summed E-state index contributed by atoms with van der Waals surface area (Å²) >= 11 is 0. The summed E-state index contributed by atoms with van der Waals surface area (Å²) in [4.78, 5) is 0. The molecule has 2 fully saturated rings. The fourth-order valence-corrected chi connectivity index (χ4v) is 6.36. The topological polar surface area (TPSA) is 84.9 Å². The summed E-state index contributed by atoms with van der Waals surface area (Å²) in [7, 11) is 1.50. The maximum absolute atomic E-state index is 11.3. The van der Waals surface area contributed by atoms with E-state index in [4.69, 9.17) is 23.4 Å². The van der Waals surface area contributed by atoms with E-state index in [-0.39, 0.29) is 35.8 Å². The fourth-order valence-electron chi connectivity index (χ4n) is 6.36. The summed E-state index contributed by atoms with van der Waals surface area (Å²) in [6, 6.07) is 14.0. The third kappa shape index (κ3) is 9.58. The van der Waals surface area contributed by atoms with Crippen molar-refractivity contribution in [3.8, 4) is 11.5 Å². The highest BCUT2D eigenvalue weighted by molar-refractivity contribution is 14.0. The van der Waals surface area contributed by atoms with Crippen LogP contribution in [0.2, 0.25) is 0 Å². The molecule has 2 aliphatic rings. The van der Waals surface area contributed by atoms with Crippen molar-refractivity contribution in [2.45, 2.75) is 87.2 Å². The first-order chi connectivity index (χ1) is 20.8. The van der Waals surface area contributed by atoms with Crippen molar-refractivity contribution in [1.82, 2.24) is 0 Å². The normalized spacial score (nSPS) is 22.6. The molecule has 2 aliphatic carbocycles. The molecular weight excluding hydrogens is 615 g/mol. The molecule has 0 aliphatic heterocycles. The van der Waals surface area contributed by atoms with E-state index >= 15 is 0 Å². The number of hydrogen-bond acceptors (Lipinski definition) is 5. The Balaban J connectivity index is 0.000000316. The molecule has 0 aromatic heterocycles. The smallest absolute Gasteiger partial charge is 0.118 e. The lowest BCUT2D eigenvalue weighted by Crippen LogP contribution is -2.48. The molecule has 0 spiro atoms. The van der Waals surface area contributed by atoms with Gasteiger partial charge in [-0.2, -0.15) is 0 Å². The predicted octanol–water partition coefficient (Wildman–Crippen LogP) is 6.23. The lowest BCUT2D eigenvalue weighted by atomic mass is 9.72. The Morgan fingerprint density at radius 1 is 0.725 bits per heavy atom. The van der Waals surface area contributed by atoms with Crippen LogP contribution < -0.4 is 15.2 Å². The lowest BCUT2D eigenvalue weighted by Gasteiger charge is -2.42. The van der Waals surface area contributed by atoms with E-state index in [9.17, 15) is 10.2 Å². The molecule has 4 N–H and O–H groups in total. The summed E-state index contributed by atoms with van der Waals surface area (Å²) in [5.74, 6) is 0.530. The van der Waals surface area contributed by atoms with Crippen molar-refractivity contribution in [3.63, 3.8) is 0 Å². The zero-order chi connectivity index (χ0) is 33.5. The van der Waals surface area contributed by atoms with Crippen LogP contribution in [-0.2, 0) is 0 Å². The van der Waals surface area contributed by atoms with Gasteiger partial charge >= 0.3 is 0 Å². The molecule has 2 saturated carbocycles. The molecular formula is C33H54IN2O4+. The highest BCUT2D eigenvalue weighted by atomic mass is 127. The zero-order valence-corrected chi connectivity index (χ0v) is 26.7. The van der Waals surface area contributed by atoms with E-state index < -0.39 is 25.3 Å². The number of hydrogen-bond donors (Lipinski definition) is 3. The highest BCUT2D eigenvalue weighted by Crippen LogP contribution is 2.41. The Bertz CT molecular complexity index is 1180. The largest absolute Gasteiger partial charge is 0.497 e. The molecule has 0 bridgehead atoms. The molecule has 0 amide bonds. The highest BCUT2D eigenvalue weighted by Gasteiger charge is 2.41. The number of rotatable bonds is 9. The molecule has 0 radical (unpaired) electrons. The summed E-state index contributed by atoms with van der Waals surface area (Å²) in [5.41, 5.74) is 6.42. The van der Waals surface area contributed by atoms with Gasteiger partial charge in [0.25, 0.3) is 0 Å². The van der Waals surface area contributed by atoms with Gasteiger partial charge in [-0.3, -0.25) is 0 Å². The lowest BCUT2D eigenvalue weighted by molar-refractivity contribution is -0.872. The van der Waals surface area contributed by atoms with Crippen molar-refractivity contribution in [1.29, 1.82) is 0 Å². The molecule has 7 heteroatoms. The number of halogens is 1. The van der Waals surface area contributed by atoms with Crippen LogP contribution in [0.3, 0.4) is 0 Å². The monoisotopic (exact) mass is 675 g/mol. The SMILES string of the molecule is I.[2H]C([2H])([2H])Oc1ccc(C(CN)C2(O)CCCCC2)cc1.[2H]C([2H])([2H])Oc1ccc(C(C[N+](C)(C)C)C2(O)CCCCC2)cc1. The third-order valence-corrected chi connectivity index (χ3v) is 8.50. The van der Waals surface area contributed by atoms with Crippen molar-refractivity contribution in [3.05, 3.63) is 59.7 Å². The maximum Gasteiger partial charge on any atom is 0.118 e. The zero-order valence-electron chi connectivity index (χ0n) is 30.4. The van der Waals surface area contributed by atoms with Gasteiger partial charge in [0.2, 0.25) is 0 Å². The number of aliphatic hydroxyl groups is 2. The molecule has 40 heavy (non-hydrogen) atoms. The molecule has 0 heterocycles. The quantitative estimate of drug-likeness (QED) is 0.217. The van der Waals surface area contributed by atoms with Gasteiger partial charge in [-0.25, -0.2) is 0 Å². The van der Waals surface area contributed by atoms with Crippen LogP contribution in [0.1, 0.15) is 95.4 Å². The van der Waals surface area contributed by atoms with Gasteiger partial charge in [0.15, 0.2) is 0 Å². The van der Waals surface area contributed by atoms with E-state index in [2.05, 4.69) is 21.1 Å². The minimum atomic E-state index is -2.45. The summed E-state index contributed by atoms with van der Waals surface area (Å²) < 4.78 is 53.4. The van der Waals surface area contributed by atoms with Crippen LogP contribution in [0.15, 0.2) is 48.5 Å². The molecule has 2 unspecified atom stereocenters. The number of nitrogens with zero attached hydrogens (tertiary/aromatic N) is 1. The Labute approximate surface area is 268 Å². The van der Waals surface area contributed by atoms with Gasteiger partial charge in [-0.1, -0.05) is 62.8 Å².